The topological polar surface area (TPSA) is 72.6 Å². The van der Waals surface area contributed by atoms with Crippen molar-refractivity contribution in [1.82, 2.24) is 0 Å². The number of primary amides is 1. The van der Waals surface area contributed by atoms with E-state index in [1.165, 1.54) is 6.07 Å². The number of amides is 1. The molecule has 2 aromatic carbocycles. The van der Waals surface area contributed by atoms with Gasteiger partial charge >= 0.3 is 0 Å². The van der Waals surface area contributed by atoms with E-state index in [1.807, 2.05) is 0 Å². The Kier molecular flexibility index (Phi) is 3.39. The van der Waals surface area contributed by atoms with E-state index in [1.54, 1.807) is 36.4 Å². The second-order valence-corrected chi connectivity index (χ2v) is 3.95. The van der Waals surface area contributed by atoms with Crippen LogP contribution >= 0.6 is 11.6 Å². The number of ether oxygens (including phenoxy) is 1. The Bertz CT molecular complexity index is 599. The van der Waals surface area contributed by atoms with E-state index in [-0.39, 0.29) is 27.8 Å². The van der Waals surface area contributed by atoms with Gasteiger partial charge in [0, 0.05) is 0 Å². The molecule has 0 saturated carbocycles. The Morgan fingerprint density at radius 2 is 1.78 bits per heavy atom. The maximum Gasteiger partial charge on any atom is 0.254 e. The quantitative estimate of drug-likeness (QED) is 0.894. The van der Waals surface area contributed by atoms with Crippen LogP contribution in [0.3, 0.4) is 0 Å². The summed E-state index contributed by atoms with van der Waals surface area (Å²) in [6, 6.07) is 11.1. The Labute approximate surface area is 109 Å². The standard InChI is InChI=1S/C13H10ClNO3/c14-8-4-3-7-11(12(8)13(15)17)18-10-6-2-1-5-9(10)16/h1-7,16H,(H2,15,17). The van der Waals surface area contributed by atoms with Crippen molar-refractivity contribution in [2.45, 2.75) is 0 Å². The minimum absolute atomic E-state index is 0.0344. The highest BCUT2D eigenvalue weighted by Crippen LogP contribution is 2.34. The first-order chi connectivity index (χ1) is 8.59. The van der Waals surface area contributed by atoms with E-state index in [4.69, 9.17) is 22.1 Å². The monoisotopic (exact) mass is 263 g/mol. The Morgan fingerprint density at radius 3 is 2.44 bits per heavy atom. The lowest BCUT2D eigenvalue weighted by Crippen LogP contribution is -2.12. The molecule has 0 aliphatic heterocycles. The number of carbonyl (C=O) groups is 1. The smallest absolute Gasteiger partial charge is 0.254 e. The van der Waals surface area contributed by atoms with Crippen molar-refractivity contribution in [3.05, 3.63) is 53.1 Å². The summed E-state index contributed by atoms with van der Waals surface area (Å²) in [4.78, 5) is 11.3. The Morgan fingerprint density at radius 1 is 1.11 bits per heavy atom. The predicted molar refractivity (Wildman–Crippen MR) is 68.2 cm³/mol. The van der Waals surface area contributed by atoms with E-state index in [9.17, 15) is 9.90 Å². The lowest BCUT2D eigenvalue weighted by atomic mass is 10.2. The van der Waals surface area contributed by atoms with Crippen molar-refractivity contribution in [2.24, 2.45) is 5.73 Å². The van der Waals surface area contributed by atoms with Gasteiger partial charge in [-0.1, -0.05) is 29.8 Å². The molecule has 0 unspecified atom stereocenters. The minimum Gasteiger partial charge on any atom is -0.504 e. The molecule has 92 valence electrons. The highest BCUT2D eigenvalue weighted by molar-refractivity contribution is 6.34. The van der Waals surface area contributed by atoms with Gasteiger partial charge in [-0.15, -0.1) is 0 Å². The van der Waals surface area contributed by atoms with E-state index in [0.717, 1.165) is 0 Å². The molecule has 3 N–H and O–H groups in total. The van der Waals surface area contributed by atoms with Gasteiger partial charge in [0.15, 0.2) is 11.5 Å². The van der Waals surface area contributed by atoms with Gasteiger partial charge in [0.25, 0.3) is 5.91 Å². The van der Waals surface area contributed by atoms with E-state index in [2.05, 4.69) is 0 Å². The molecule has 2 aromatic rings. The molecule has 0 fully saturated rings. The molecule has 18 heavy (non-hydrogen) atoms. The van der Waals surface area contributed by atoms with Crippen LogP contribution in [0.5, 0.6) is 17.2 Å². The maximum atomic E-state index is 11.3. The van der Waals surface area contributed by atoms with Crippen LogP contribution in [0.1, 0.15) is 10.4 Å². The zero-order valence-corrected chi connectivity index (χ0v) is 10.0. The van der Waals surface area contributed by atoms with Gasteiger partial charge in [0.2, 0.25) is 0 Å². The van der Waals surface area contributed by atoms with Crippen molar-refractivity contribution in [2.75, 3.05) is 0 Å². The van der Waals surface area contributed by atoms with Crippen molar-refractivity contribution in [1.29, 1.82) is 0 Å². The normalized spacial score (nSPS) is 10.1. The van der Waals surface area contributed by atoms with Crippen molar-refractivity contribution >= 4 is 17.5 Å². The number of nitrogens with two attached hydrogens (primary N) is 1. The largest absolute Gasteiger partial charge is 0.504 e. The molecule has 0 atom stereocenters. The van der Waals surface area contributed by atoms with Crippen LogP contribution in [0.15, 0.2) is 42.5 Å². The zero-order chi connectivity index (χ0) is 13.1. The summed E-state index contributed by atoms with van der Waals surface area (Å²) in [6.07, 6.45) is 0. The molecule has 0 saturated heterocycles. The van der Waals surface area contributed by atoms with Gasteiger partial charge in [-0.2, -0.15) is 0 Å². The summed E-state index contributed by atoms with van der Waals surface area (Å²) >= 11 is 5.89. The summed E-state index contributed by atoms with van der Waals surface area (Å²) in [5.41, 5.74) is 5.33. The first-order valence-electron chi connectivity index (χ1n) is 5.14. The Balaban J connectivity index is 2.44. The van der Waals surface area contributed by atoms with Gasteiger partial charge in [-0.05, 0) is 24.3 Å². The first kappa shape index (κ1) is 12.3. The molecule has 0 spiro atoms. The highest BCUT2D eigenvalue weighted by atomic mass is 35.5. The highest BCUT2D eigenvalue weighted by Gasteiger charge is 2.15. The summed E-state index contributed by atoms with van der Waals surface area (Å²) in [6.45, 7) is 0. The third-order valence-electron chi connectivity index (χ3n) is 2.31. The lowest BCUT2D eigenvalue weighted by molar-refractivity contribution is 0.0998. The number of hydrogen-bond acceptors (Lipinski definition) is 3. The second kappa shape index (κ2) is 4.98. The van der Waals surface area contributed by atoms with Gasteiger partial charge < -0.3 is 15.6 Å². The van der Waals surface area contributed by atoms with Crippen LogP contribution in [0.4, 0.5) is 0 Å². The summed E-state index contributed by atoms with van der Waals surface area (Å²) < 4.78 is 5.45. The second-order valence-electron chi connectivity index (χ2n) is 3.55. The van der Waals surface area contributed by atoms with Crippen molar-refractivity contribution in [3.63, 3.8) is 0 Å². The van der Waals surface area contributed by atoms with Gasteiger partial charge in [0.1, 0.15) is 11.3 Å². The van der Waals surface area contributed by atoms with E-state index >= 15 is 0 Å². The van der Waals surface area contributed by atoms with Gasteiger partial charge in [-0.3, -0.25) is 4.79 Å². The van der Waals surface area contributed by atoms with E-state index < -0.39 is 5.91 Å². The molecule has 0 aliphatic rings. The number of hydrogen-bond donors (Lipinski definition) is 2. The number of para-hydroxylation sites is 2. The molecule has 4 nitrogen and oxygen atoms in total. The number of benzene rings is 2. The SMILES string of the molecule is NC(=O)c1c(Cl)cccc1Oc1ccccc1O. The van der Waals surface area contributed by atoms with Crippen LogP contribution < -0.4 is 10.5 Å². The lowest BCUT2D eigenvalue weighted by Gasteiger charge is -2.11. The molecule has 1 amide bonds. The average Bonchev–Trinajstić information content (AvgIpc) is 2.31. The van der Waals surface area contributed by atoms with Crippen LogP contribution in [0.2, 0.25) is 5.02 Å². The fraction of sp³-hybridized carbons (Fsp3) is 0. The van der Waals surface area contributed by atoms with Crippen molar-refractivity contribution in [3.8, 4) is 17.2 Å². The summed E-state index contributed by atoms with van der Waals surface area (Å²) in [5, 5.41) is 9.80. The van der Waals surface area contributed by atoms with Crippen LogP contribution in [0, 0.1) is 0 Å². The average molecular weight is 264 g/mol. The number of rotatable bonds is 3. The molecule has 2 rings (SSSR count). The number of phenols is 1. The molecular weight excluding hydrogens is 254 g/mol. The molecule has 5 heteroatoms. The molecule has 0 aliphatic carbocycles. The van der Waals surface area contributed by atoms with Crippen LogP contribution in [0.25, 0.3) is 0 Å². The van der Waals surface area contributed by atoms with Gasteiger partial charge in [-0.25, -0.2) is 0 Å². The third kappa shape index (κ3) is 2.38. The van der Waals surface area contributed by atoms with E-state index in [0.29, 0.717) is 0 Å². The number of carbonyl (C=O) groups excluding carboxylic acids is 1. The molecule has 0 heterocycles. The minimum atomic E-state index is -0.689. The summed E-state index contributed by atoms with van der Waals surface area (Å²) in [5.74, 6) is -0.294. The molecular formula is C13H10ClNO3. The maximum absolute atomic E-state index is 11.3. The molecule has 0 bridgehead atoms. The van der Waals surface area contributed by atoms with Crippen molar-refractivity contribution < 1.29 is 14.6 Å². The van der Waals surface area contributed by atoms with Gasteiger partial charge in [0.05, 0.1) is 5.02 Å². The van der Waals surface area contributed by atoms with Crippen LogP contribution in [-0.4, -0.2) is 11.0 Å². The Hall–Kier alpha value is -2.20. The fourth-order valence-electron chi connectivity index (χ4n) is 1.49. The number of phenolic OH excluding ortho intramolecular Hbond substituents is 1. The molecule has 0 aromatic heterocycles. The third-order valence-corrected chi connectivity index (χ3v) is 2.62. The van der Waals surface area contributed by atoms with Crippen LogP contribution in [-0.2, 0) is 0 Å². The molecule has 0 radical (unpaired) electrons. The predicted octanol–water partition coefficient (Wildman–Crippen LogP) is 2.94. The number of halogens is 1. The number of aromatic hydroxyl groups is 1. The fourth-order valence-corrected chi connectivity index (χ4v) is 1.75. The summed E-state index contributed by atoms with van der Waals surface area (Å²) in [7, 11) is 0. The zero-order valence-electron chi connectivity index (χ0n) is 9.26. The first-order valence-corrected chi connectivity index (χ1v) is 5.51.